The zero-order valence-corrected chi connectivity index (χ0v) is 12.8. The van der Waals surface area contributed by atoms with Crippen LogP contribution in [0.15, 0.2) is 10.2 Å². The fraction of sp³-hybridized carbons (Fsp3) is 0.800. The molecule has 0 aliphatic heterocycles. The van der Waals surface area contributed by atoms with E-state index in [2.05, 4.69) is 10.2 Å². The molecule has 0 unspecified atom stereocenters. The first-order valence-corrected chi connectivity index (χ1v) is 6.59. The van der Waals surface area contributed by atoms with Crippen LogP contribution in [0, 0.1) is 10.8 Å². The van der Waals surface area contributed by atoms with Crippen LogP contribution < -0.4 is 0 Å². The van der Waals surface area contributed by atoms with E-state index in [-0.39, 0.29) is 0 Å². The maximum atomic E-state index is 5.98. The molecule has 0 aromatic heterocycles. The quantitative estimate of drug-likeness (QED) is 0.399. The third-order valence-electron chi connectivity index (χ3n) is 2.01. The molecular weight excluding hydrogens is 290 g/mol. The van der Waals surface area contributed by atoms with Gasteiger partial charge in [-0.25, -0.2) is 0 Å². The summed E-state index contributed by atoms with van der Waals surface area (Å²) < 4.78 is 0. The van der Waals surface area contributed by atoms with Gasteiger partial charge in [-0.05, 0) is 0 Å². The molecule has 0 radical (unpaired) electrons. The van der Waals surface area contributed by atoms with Crippen molar-refractivity contribution < 1.29 is 0 Å². The molecule has 0 aromatic rings. The van der Waals surface area contributed by atoms with Crippen molar-refractivity contribution in [1.82, 2.24) is 0 Å². The number of alkyl halides is 2. The van der Waals surface area contributed by atoms with Gasteiger partial charge in [-0.2, -0.15) is 0 Å². The van der Waals surface area contributed by atoms with Crippen LogP contribution in [0.1, 0.15) is 27.7 Å². The van der Waals surface area contributed by atoms with Crippen LogP contribution in [-0.2, 0) is 0 Å². The minimum absolute atomic E-state index is 0.325. The monoisotopic (exact) mass is 304 g/mol. The second-order valence-corrected chi connectivity index (χ2v) is 6.07. The zero-order chi connectivity index (χ0) is 13.0. The van der Waals surface area contributed by atoms with Crippen molar-refractivity contribution in [2.45, 2.75) is 27.7 Å². The number of nitrogens with zero attached hydrogens (tertiary/aromatic N) is 2. The molecule has 0 heterocycles. The van der Waals surface area contributed by atoms with Crippen LogP contribution in [-0.4, -0.2) is 22.1 Å². The average molecular weight is 306 g/mol. The summed E-state index contributed by atoms with van der Waals surface area (Å²) in [7, 11) is 0. The van der Waals surface area contributed by atoms with E-state index in [1.165, 1.54) is 0 Å². The van der Waals surface area contributed by atoms with Crippen LogP contribution in [0.2, 0.25) is 0 Å². The Kier molecular flexibility index (Phi) is 6.64. The summed E-state index contributed by atoms with van der Waals surface area (Å²) in [5, 5.41) is 8.40. The Labute approximate surface area is 117 Å². The molecule has 0 atom stereocenters. The van der Waals surface area contributed by atoms with Gasteiger partial charge in [0.2, 0.25) is 0 Å². The number of hydrogen-bond donors (Lipinski definition) is 0. The topological polar surface area (TPSA) is 24.7 Å². The first-order valence-electron chi connectivity index (χ1n) is 4.77. The van der Waals surface area contributed by atoms with Crippen LogP contribution in [0.4, 0.5) is 0 Å². The van der Waals surface area contributed by atoms with Crippen LogP contribution in [0.25, 0.3) is 0 Å². The van der Waals surface area contributed by atoms with E-state index < -0.39 is 10.8 Å². The fourth-order valence-corrected chi connectivity index (χ4v) is 1.07. The first-order chi connectivity index (χ1) is 7.17. The zero-order valence-electron chi connectivity index (χ0n) is 9.82. The van der Waals surface area contributed by atoms with Gasteiger partial charge < -0.3 is 0 Å². The maximum Gasteiger partial charge on any atom is 0.135 e. The van der Waals surface area contributed by atoms with Gasteiger partial charge in [0.1, 0.15) is 10.3 Å². The van der Waals surface area contributed by atoms with Gasteiger partial charge in [0, 0.05) is 22.6 Å². The second-order valence-electron chi connectivity index (χ2n) is 4.82. The Balaban J connectivity index is 4.89. The van der Waals surface area contributed by atoms with Gasteiger partial charge >= 0.3 is 0 Å². The lowest BCUT2D eigenvalue weighted by molar-refractivity contribution is 0.599. The standard InChI is InChI=1S/C10H16Cl4N2/c1-9(2,5-11)7(13)15-16-8(14)10(3,4)6-12/h5-6H2,1-4H3/b15-7-,16-8+. The molecule has 2 nitrogen and oxygen atoms in total. The van der Waals surface area contributed by atoms with E-state index >= 15 is 0 Å². The molecule has 0 aliphatic carbocycles. The van der Waals surface area contributed by atoms with E-state index in [0.29, 0.717) is 22.1 Å². The smallest absolute Gasteiger partial charge is 0.135 e. The predicted octanol–water partition coefficient (Wildman–Crippen LogP) is 4.71. The van der Waals surface area contributed by atoms with E-state index in [1.54, 1.807) is 0 Å². The highest BCUT2D eigenvalue weighted by atomic mass is 35.5. The van der Waals surface area contributed by atoms with E-state index in [9.17, 15) is 0 Å². The van der Waals surface area contributed by atoms with Gasteiger partial charge in [-0.3, -0.25) is 0 Å². The largest absolute Gasteiger partial charge is 0.141 e. The molecule has 0 bridgehead atoms. The van der Waals surface area contributed by atoms with E-state index in [4.69, 9.17) is 46.4 Å². The molecule has 16 heavy (non-hydrogen) atoms. The SMILES string of the molecule is CC(C)(CCl)/C(Cl)=N/N=C(/Cl)C(C)(C)CCl. The Morgan fingerprint density at radius 2 is 1.06 bits per heavy atom. The summed E-state index contributed by atoms with van der Waals surface area (Å²) in [5.74, 6) is 0.725. The summed E-state index contributed by atoms with van der Waals surface area (Å²) in [6.45, 7) is 7.51. The van der Waals surface area contributed by atoms with Crippen molar-refractivity contribution in [3.8, 4) is 0 Å². The Morgan fingerprint density at radius 1 is 0.812 bits per heavy atom. The summed E-state index contributed by atoms with van der Waals surface area (Å²) in [6, 6.07) is 0. The molecule has 0 spiro atoms. The fourth-order valence-electron chi connectivity index (χ4n) is 0.469. The minimum Gasteiger partial charge on any atom is -0.141 e. The minimum atomic E-state index is -0.408. The summed E-state index contributed by atoms with van der Waals surface area (Å²) in [5.41, 5.74) is -0.816. The molecule has 6 heteroatoms. The molecule has 0 aliphatic rings. The van der Waals surface area contributed by atoms with Crippen molar-refractivity contribution in [3.05, 3.63) is 0 Å². The van der Waals surface area contributed by atoms with Crippen LogP contribution >= 0.6 is 46.4 Å². The van der Waals surface area contributed by atoms with E-state index in [1.807, 2.05) is 27.7 Å². The Hall–Kier alpha value is 0.500. The van der Waals surface area contributed by atoms with Crippen molar-refractivity contribution in [1.29, 1.82) is 0 Å². The Bertz CT molecular complexity index is 265. The van der Waals surface area contributed by atoms with Gasteiger partial charge in [0.25, 0.3) is 0 Å². The van der Waals surface area contributed by atoms with Gasteiger partial charge in [0.05, 0.1) is 0 Å². The highest BCUT2D eigenvalue weighted by Gasteiger charge is 2.25. The predicted molar refractivity (Wildman–Crippen MR) is 75.6 cm³/mol. The maximum absolute atomic E-state index is 5.98. The lowest BCUT2D eigenvalue weighted by Gasteiger charge is -2.19. The molecule has 0 aromatic carbocycles. The first kappa shape index (κ1) is 16.5. The molecule has 0 N–H and O–H groups in total. The Morgan fingerprint density at radius 3 is 1.25 bits per heavy atom. The summed E-state index contributed by atoms with van der Waals surface area (Å²) in [4.78, 5) is 0. The second kappa shape index (κ2) is 6.44. The molecule has 0 rings (SSSR count). The molecule has 0 fully saturated rings. The highest BCUT2D eigenvalue weighted by molar-refractivity contribution is 6.68. The van der Waals surface area contributed by atoms with Crippen molar-refractivity contribution >= 4 is 56.7 Å². The average Bonchev–Trinajstić information content (AvgIpc) is 2.24. The lowest BCUT2D eigenvalue weighted by atomic mass is 9.98. The number of hydrogen-bond acceptors (Lipinski definition) is 2. The lowest BCUT2D eigenvalue weighted by Crippen LogP contribution is -2.23. The highest BCUT2D eigenvalue weighted by Crippen LogP contribution is 2.25. The van der Waals surface area contributed by atoms with Crippen LogP contribution in [0.5, 0.6) is 0 Å². The van der Waals surface area contributed by atoms with E-state index in [0.717, 1.165) is 0 Å². The summed E-state index contributed by atoms with van der Waals surface area (Å²) >= 11 is 23.5. The van der Waals surface area contributed by atoms with Gasteiger partial charge in [-0.1, -0.05) is 50.9 Å². The third-order valence-corrected chi connectivity index (χ3v) is 4.52. The third kappa shape index (κ3) is 4.79. The van der Waals surface area contributed by atoms with Gasteiger partial charge in [-0.15, -0.1) is 33.4 Å². The molecule has 0 saturated heterocycles. The molecule has 94 valence electrons. The number of rotatable bonds is 5. The van der Waals surface area contributed by atoms with Crippen molar-refractivity contribution in [3.63, 3.8) is 0 Å². The van der Waals surface area contributed by atoms with Gasteiger partial charge in [0.15, 0.2) is 0 Å². The van der Waals surface area contributed by atoms with Crippen LogP contribution in [0.3, 0.4) is 0 Å². The molecular formula is C10H16Cl4N2. The number of halogens is 4. The molecule has 0 amide bonds. The molecule has 0 saturated carbocycles. The normalized spacial score (nSPS) is 15.5. The summed E-state index contributed by atoms with van der Waals surface area (Å²) in [6.07, 6.45) is 0. The van der Waals surface area contributed by atoms with Crippen molar-refractivity contribution in [2.24, 2.45) is 21.0 Å². The van der Waals surface area contributed by atoms with Crippen molar-refractivity contribution in [2.75, 3.05) is 11.8 Å².